The fourth-order valence-corrected chi connectivity index (χ4v) is 2.27. The first-order valence-corrected chi connectivity index (χ1v) is 6.26. The summed E-state index contributed by atoms with van der Waals surface area (Å²) in [6.07, 6.45) is 3.68. The van der Waals surface area contributed by atoms with Crippen molar-refractivity contribution >= 4 is 7.82 Å². The maximum atomic E-state index is 11.7. The molecule has 4 nitrogen and oxygen atoms in total. The van der Waals surface area contributed by atoms with E-state index in [1.807, 2.05) is 6.92 Å². The molecule has 0 atom stereocenters. The maximum Gasteiger partial charge on any atom is 0.474 e. The van der Waals surface area contributed by atoms with Crippen LogP contribution in [0, 0.1) is 0 Å². The summed E-state index contributed by atoms with van der Waals surface area (Å²) in [5.74, 6) is 0. The van der Waals surface area contributed by atoms with Gasteiger partial charge in [0.05, 0.1) is 19.8 Å². The summed E-state index contributed by atoms with van der Waals surface area (Å²) in [4.78, 5) is 0. The van der Waals surface area contributed by atoms with E-state index in [-0.39, 0.29) is 0 Å². The van der Waals surface area contributed by atoms with Gasteiger partial charge in [-0.3, -0.25) is 13.6 Å². The van der Waals surface area contributed by atoms with Crippen LogP contribution in [0.2, 0.25) is 0 Å². The molecule has 1 aliphatic rings. The van der Waals surface area contributed by atoms with Crippen molar-refractivity contribution in [3.63, 3.8) is 0 Å². The Morgan fingerprint density at radius 1 is 1.31 bits per heavy atom. The fraction of sp³-hybridized carbons (Fsp3) is 1.00. The maximum absolute atomic E-state index is 11.7. The molecular formula is C8H17O4P. The molecule has 0 unspecified atom stereocenters. The molecule has 1 fully saturated rings. The second-order valence-corrected chi connectivity index (χ2v) is 4.68. The van der Waals surface area contributed by atoms with Crippen molar-refractivity contribution in [2.24, 2.45) is 0 Å². The molecule has 1 rings (SSSR count). The zero-order valence-electron chi connectivity index (χ0n) is 8.03. The second kappa shape index (κ2) is 5.76. The van der Waals surface area contributed by atoms with Crippen LogP contribution in [-0.2, 0) is 18.1 Å². The number of rotatable bonds is 4. The third-order valence-corrected chi connectivity index (χ3v) is 3.28. The monoisotopic (exact) mass is 208 g/mol. The number of unbranched alkanes of at least 4 members (excludes halogenated alkanes) is 1. The Hall–Kier alpha value is 0.110. The molecule has 0 aromatic carbocycles. The Morgan fingerprint density at radius 3 is 2.46 bits per heavy atom. The quantitative estimate of drug-likeness (QED) is 0.526. The number of phosphoric acid groups is 1. The molecule has 0 amide bonds. The highest BCUT2D eigenvalue weighted by Gasteiger charge is 2.27. The average Bonchev–Trinajstić information content (AvgIpc) is 2.31. The van der Waals surface area contributed by atoms with Crippen LogP contribution in [-0.4, -0.2) is 19.8 Å². The van der Waals surface area contributed by atoms with E-state index in [1.54, 1.807) is 0 Å². The van der Waals surface area contributed by atoms with Gasteiger partial charge in [-0.25, -0.2) is 4.57 Å². The lowest BCUT2D eigenvalue weighted by Crippen LogP contribution is -1.99. The van der Waals surface area contributed by atoms with Crippen molar-refractivity contribution in [3.05, 3.63) is 0 Å². The lowest BCUT2D eigenvalue weighted by Gasteiger charge is -2.14. The van der Waals surface area contributed by atoms with E-state index in [0.29, 0.717) is 19.8 Å². The molecule has 0 aromatic heterocycles. The van der Waals surface area contributed by atoms with E-state index in [2.05, 4.69) is 0 Å². The van der Waals surface area contributed by atoms with Crippen molar-refractivity contribution in [2.75, 3.05) is 19.8 Å². The first kappa shape index (κ1) is 11.2. The first-order valence-electron chi connectivity index (χ1n) is 4.80. The minimum absolute atomic E-state index is 0.452. The van der Waals surface area contributed by atoms with Gasteiger partial charge in [0.1, 0.15) is 0 Å². The van der Waals surface area contributed by atoms with E-state index in [1.165, 1.54) is 0 Å². The van der Waals surface area contributed by atoms with Crippen LogP contribution in [0.15, 0.2) is 0 Å². The second-order valence-electron chi connectivity index (χ2n) is 3.01. The summed E-state index contributed by atoms with van der Waals surface area (Å²) >= 11 is 0. The summed E-state index contributed by atoms with van der Waals surface area (Å²) in [5.41, 5.74) is 0. The van der Waals surface area contributed by atoms with Crippen LogP contribution in [0.5, 0.6) is 0 Å². The van der Waals surface area contributed by atoms with Gasteiger partial charge in [-0.15, -0.1) is 0 Å². The van der Waals surface area contributed by atoms with Gasteiger partial charge in [-0.05, 0) is 19.3 Å². The smallest absolute Gasteiger partial charge is 0.287 e. The number of hydrogen-bond acceptors (Lipinski definition) is 4. The molecule has 78 valence electrons. The highest BCUT2D eigenvalue weighted by molar-refractivity contribution is 7.48. The Kier molecular flexibility index (Phi) is 4.96. The molecule has 1 aliphatic heterocycles. The molecule has 0 aromatic rings. The van der Waals surface area contributed by atoms with Gasteiger partial charge in [0.15, 0.2) is 0 Å². The molecule has 5 heteroatoms. The molecule has 0 radical (unpaired) electrons. The first-order chi connectivity index (χ1) is 6.27. The SMILES string of the molecule is CCCCOP1(=O)OCCCCO1. The molecule has 0 aliphatic carbocycles. The largest absolute Gasteiger partial charge is 0.474 e. The van der Waals surface area contributed by atoms with Crippen molar-refractivity contribution in [3.8, 4) is 0 Å². The zero-order valence-corrected chi connectivity index (χ0v) is 8.92. The van der Waals surface area contributed by atoms with Gasteiger partial charge < -0.3 is 0 Å². The summed E-state index contributed by atoms with van der Waals surface area (Å²) in [6.45, 7) is 3.45. The topological polar surface area (TPSA) is 44.8 Å². The molecule has 13 heavy (non-hydrogen) atoms. The minimum Gasteiger partial charge on any atom is -0.287 e. The molecule has 1 heterocycles. The summed E-state index contributed by atoms with van der Waals surface area (Å²) in [5, 5.41) is 0. The Labute approximate surface area is 79.2 Å². The standard InChI is InChI=1S/C8H17O4P/c1-2-3-6-10-13(9)11-7-4-5-8-12-13/h2-8H2,1H3. The van der Waals surface area contributed by atoms with Crippen molar-refractivity contribution in [1.82, 2.24) is 0 Å². The van der Waals surface area contributed by atoms with E-state index in [0.717, 1.165) is 25.7 Å². The van der Waals surface area contributed by atoms with E-state index in [9.17, 15) is 4.57 Å². The summed E-state index contributed by atoms with van der Waals surface area (Å²) < 4.78 is 26.9. The van der Waals surface area contributed by atoms with Crippen LogP contribution in [0.25, 0.3) is 0 Å². The zero-order chi connectivity index (χ0) is 9.57. The fourth-order valence-electron chi connectivity index (χ4n) is 0.989. The van der Waals surface area contributed by atoms with Crippen LogP contribution in [0.3, 0.4) is 0 Å². The molecular weight excluding hydrogens is 191 g/mol. The molecule has 0 bridgehead atoms. The Balaban J connectivity index is 2.29. The predicted molar refractivity (Wildman–Crippen MR) is 49.6 cm³/mol. The van der Waals surface area contributed by atoms with E-state index in [4.69, 9.17) is 13.6 Å². The lowest BCUT2D eigenvalue weighted by molar-refractivity contribution is 0.131. The Morgan fingerprint density at radius 2 is 1.92 bits per heavy atom. The third-order valence-electron chi connectivity index (χ3n) is 1.78. The molecule has 0 N–H and O–H groups in total. The third kappa shape index (κ3) is 4.23. The summed E-state index contributed by atoms with van der Waals surface area (Å²) in [6, 6.07) is 0. The summed E-state index contributed by atoms with van der Waals surface area (Å²) in [7, 11) is -3.19. The van der Waals surface area contributed by atoms with Gasteiger partial charge in [0, 0.05) is 0 Å². The molecule has 0 spiro atoms. The van der Waals surface area contributed by atoms with Gasteiger partial charge >= 0.3 is 7.82 Å². The molecule has 0 saturated carbocycles. The van der Waals surface area contributed by atoms with Gasteiger partial charge in [-0.2, -0.15) is 0 Å². The average molecular weight is 208 g/mol. The molecule has 1 saturated heterocycles. The van der Waals surface area contributed by atoms with Crippen LogP contribution >= 0.6 is 7.82 Å². The van der Waals surface area contributed by atoms with Gasteiger partial charge in [-0.1, -0.05) is 13.3 Å². The lowest BCUT2D eigenvalue weighted by atomic mass is 10.3. The van der Waals surface area contributed by atoms with Crippen molar-refractivity contribution in [2.45, 2.75) is 32.6 Å². The van der Waals surface area contributed by atoms with E-state index >= 15 is 0 Å². The highest BCUT2D eigenvalue weighted by atomic mass is 31.2. The Bertz CT molecular complexity index is 171. The minimum atomic E-state index is -3.19. The number of hydrogen-bond donors (Lipinski definition) is 0. The predicted octanol–water partition coefficient (Wildman–Crippen LogP) is 2.74. The van der Waals surface area contributed by atoms with Gasteiger partial charge in [0.2, 0.25) is 0 Å². The van der Waals surface area contributed by atoms with Crippen LogP contribution < -0.4 is 0 Å². The van der Waals surface area contributed by atoms with Crippen LogP contribution in [0.1, 0.15) is 32.6 Å². The van der Waals surface area contributed by atoms with Crippen molar-refractivity contribution in [1.29, 1.82) is 0 Å². The van der Waals surface area contributed by atoms with Gasteiger partial charge in [0.25, 0.3) is 0 Å². The van der Waals surface area contributed by atoms with E-state index < -0.39 is 7.82 Å². The van der Waals surface area contributed by atoms with Crippen molar-refractivity contribution < 1.29 is 18.1 Å². The van der Waals surface area contributed by atoms with Crippen LogP contribution in [0.4, 0.5) is 0 Å². The highest BCUT2D eigenvalue weighted by Crippen LogP contribution is 2.50. The normalized spacial score (nSPS) is 22.5. The number of phosphoric ester groups is 1.